The number of unbranched alkanes of at least 4 members (excludes halogenated alkanes) is 1. The predicted octanol–water partition coefficient (Wildman–Crippen LogP) is 1.68. The molecule has 0 radical (unpaired) electrons. The fourth-order valence-corrected chi connectivity index (χ4v) is 1.11. The summed E-state index contributed by atoms with van der Waals surface area (Å²) in [7, 11) is 0. The van der Waals surface area contributed by atoms with Crippen LogP contribution in [0.5, 0.6) is 0 Å². The van der Waals surface area contributed by atoms with Gasteiger partial charge in [0.2, 0.25) is 0 Å². The molecule has 2 N–H and O–H groups in total. The molecule has 0 aromatic carbocycles. The standard InChI is InChI=1S/C7H17NS/c1-2-3-4-7(5-8)6-9/h7,9H,2-6,8H2,1H3. The average Bonchev–Trinajstić information content (AvgIpc) is 1.91. The van der Waals surface area contributed by atoms with E-state index in [4.69, 9.17) is 5.73 Å². The fraction of sp³-hybridized carbons (Fsp3) is 1.00. The van der Waals surface area contributed by atoms with Crippen molar-refractivity contribution in [1.29, 1.82) is 0 Å². The lowest BCUT2D eigenvalue weighted by atomic mass is 10.1. The minimum absolute atomic E-state index is 0.647. The molecule has 0 saturated carbocycles. The number of rotatable bonds is 5. The van der Waals surface area contributed by atoms with Gasteiger partial charge in [0.25, 0.3) is 0 Å². The molecule has 0 rings (SSSR count). The molecule has 0 aliphatic rings. The first-order chi connectivity index (χ1) is 4.35. The maximum Gasteiger partial charge on any atom is -0.00411 e. The maximum absolute atomic E-state index is 5.48. The Kier molecular flexibility index (Phi) is 6.65. The monoisotopic (exact) mass is 147 g/mol. The summed E-state index contributed by atoms with van der Waals surface area (Å²) in [5.74, 6) is 1.59. The van der Waals surface area contributed by atoms with Gasteiger partial charge in [0.15, 0.2) is 0 Å². The van der Waals surface area contributed by atoms with Gasteiger partial charge in [-0.15, -0.1) is 0 Å². The maximum atomic E-state index is 5.48. The summed E-state index contributed by atoms with van der Waals surface area (Å²) in [6.45, 7) is 3.00. The highest BCUT2D eigenvalue weighted by Crippen LogP contribution is 2.07. The van der Waals surface area contributed by atoms with Crippen molar-refractivity contribution in [3.8, 4) is 0 Å². The molecule has 0 fully saturated rings. The summed E-state index contributed by atoms with van der Waals surface area (Å²) < 4.78 is 0. The molecule has 0 aromatic heterocycles. The lowest BCUT2D eigenvalue weighted by Gasteiger charge is -2.08. The molecule has 1 atom stereocenters. The van der Waals surface area contributed by atoms with Crippen LogP contribution in [0.15, 0.2) is 0 Å². The van der Waals surface area contributed by atoms with Gasteiger partial charge in [0.1, 0.15) is 0 Å². The molecular weight excluding hydrogens is 130 g/mol. The van der Waals surface area contributed by atoms with Crippen LogP contribution in [0.2, 0.25) is 0 Å². The molecule has 1 unspecified atom stereocenters. The van der Waals surface area contributed by atoms with Gasteiger partial charge in [-0.25, -0.2) is 0 Å². The topological polar surface area (TPSA) is 26.0 Å². The quantitative estimate of drug-likeness (QED) is 0.569. The van der Waals surface area contributed by atoms with Gasteiger partial charge in [-0.2, -0.15) is 12.6 Å². The average molecular weight is 147 g/mol. The first-order valence-corrected chi connectivity index (χ1v) is 4.29. The normalized spacial score (nSPS) is 13.7. The third-order valence-corrected chi connectivity index (χ3v) is 2.07. The largest absolute Gasteiger partial charge is 0.330 e. The zero-order valence-corrected chi connectivity index (χ0v) is 7.03. The van der Waals surface area contributed by atoms with Crippen LogP contribution in [0, 0.1) is 5.92 Å². The summed E-state index contributed by atoms with van der Waals surface area (Å²) in [6, 6.07) is 0. The van der Waals surface area contributed by atoms with Crippen LogP contribution in [-0.2, 0) is 0 Å². The number of hydrogen-bond acceptors (Lipinski definition) is 2. The first-order valence-electron chi connectivity index (χ1n) is 3.66. The summed E-state index contributed by atoms with van der Waals surface area (Å²) in [6.07, 6.45) is 3.81. The van der Waals surface area contributed by atoms with E-state index in [1.54, 1.807) is 0 Å². The van der Waals surface area contributed by atoms with Gasteiger partial charge in [-0.1, -0.05) is 19.8 Å². The van der Waals surface area contributed by atoms with Crippen LogP contribution in [0.4, 0.5) is 0 Å². The van der Waals surface area contributed by atoms with Crippen LogP contribution in [0.3, 0.4) is 0 Å². The summed E-state index contributed by atoms with van der Waals surface area (Å²) in [4.78, 5) is 0. The zero-order valence-electron chi connectivity index (χ0n) is 6.14. The van der Waals surface area contributed by atoms with E-state index in [1.807, 2.05) is 0 Å². The van der Waals surface area contributed by atoms with Crippen molar-refractivity contribution >= 4 is 12.6 Å². The Labute approximate surface area is 63.4 Å². The summed E-state index contributed by atoms with van der Waals surface area (Å²) >= 11 is 4.19. The number of thiol groups is 1. The van der Waals surface area contributed by atoms with Crippen molar-refractivity contribution in [2.75, 3.05) is 12.3 Å². The van der Waals surface area contributed by atoms with Gasteiger partial charge in [-0.3, -0.25) is 0 Å². The molecule has 0 amide bonds. The summed E-state index contributed by atoms with van der Waals surface area (Å²) in [5.41, 5.74) is 5.48. The van der Waals surface area contributed by atoms with Crippen LogP contribution in [0.1, 0.15) is 26.2 Å². The van der Waals surface area contributed by atoms with Crippen LogP contribution in [-0.4, -0.2) is 12.3 Å². The Balaban J connectivity index is 3.09. The lowest BCUT2D eigenvalue weighted by Crippen LogP contribution is -2.15. The number of hydrogen-bond donors (Lipinski definition) is 2. The second-order valence-corrected chi connectivity index (χ2v) is 2.79. The highest BCUT2D eigenvalue weighted by atomic mass is 32.1. The van der Waals surface area contributed by atoms with E-state index >= 15 is 0 Å². The third kappa shape index (κ3) is 4.79. The van der Waals surface area contributed by atoms with Gasteiger partial charge < -0.3 is 5.73 Å². The first kappa shape index (κ1) is 9.31. The van der Waals surface area contributed by atoms with Crippen LogP contribution in [0.25, 0.3) is 0 Å². The molecule has 56 valence electrons. The molecule has 0 aliphatic heterocycles. The molecule has 0 spiro atoms. The summed E-state index contributed by atoms with van der Waals surface area (Å²) in [5, 5.41) is 0. The smallest absolute Gasteiger partial charge is 0.00411 e. The molecule has 9 heavy (non-hydrogen) atoms. The highest BCUT2D eigenvalue weighted by Gasteiger charge is 2.01. The number of nitrogens with two attached hydrogens (primary N) is 1. The Hall–Kier alpha value is 0.310. The minimum Gasteiger partial charge on any atom is -0.330 e. The van der Waals surface area contributed by atoms with Crippen molar-refractivity contribution in [2.24, 2.45) is 11.7 Å². The Morgan fingerprint density at radius 3 is 2.56 bits per heavy atom. The van der Waals surface area contributed by atoms with E-state index in [-0.39, 0.29) is 0 Å². The van der Waals surface area contributed by atoms with Crippen LogP contribution < -0.4 is 5.73 Å². The molecule has 0 aromatic rings. The molecule has 2 heteroatoms. The molecule has 0 heterocycles. The minimum atomic E-state index is 0.647. The SMILES string of the molecule is CCCCC(CN)CS. The van der Waals surface area contributed by atoms with E-state index in [0.717, 1.165) is 12.3 Å². The molecule has 0 aliphatic carbocycles. The zero-order chi connectivity index (χ0) is 7.11. The molecule has 0 saturated heterocycles. The van der Waals surface area contributed by atoms with Gasteiger partial charge in [-0.05, 0) is 24.6 Å². The van der Waals surface area contributed by atoms with E-state index in [9.17, 15) is 0 Å². The van der Waals surface area contributed by atoms with Crippen molar-refractivity contribution in [2.45, 2.75) is 26.2 Å². The van der Waals surface area contributed by atoms with Gasteiger partial charge in [0, 0.05) is 0 Å². The van der Waals surface area contributed by atoms with Crippen molar-refractivity contribution in [3.63, 3.8) is 0 Å². The second-order valence-electron chi connectivity index (χ2n) is 2.43. The van der Waals surface area contributed by atoms with E-state index < -0.39 is 0 Å². The van der Waals surface area contributed by atoms with Crippen molar-refractivity contribution < 1.29 is 0 Å². The van der Waals surface area contributed by atoms with E-state index in [1.165, 1.54) is 19.3 Å². The van der Waals surface area contributed by atoms with Crippen LogP contribution >= 0.6 is 12.6 Å². The predicted molar refractivity (Wildman–Crippen MR) is 45.9 cm³/mol. The van der Waals surface area contributed by atoms with E-state index in [2.05, 4.69) is 19.6 Å². The third-order valence-electron chi connectivity index (χ3n) is 1.56. The second kappa shape index (κ2) is 6.43. The molecular formula is C7H17NS. The Bertz CT molecular complexity index is 52.9. The lowest BCUT2D eigenvalue weighted by molar-refractivity contribution is 0.525. The Morgan fingerprint density at radius 2 is 2.22 bits per heavy atom. The van der Waals surface area contributed by atoms with Crippen molar-refractivity contribution in [3.05, 3.63) is 0 Å². The molecule has 1 nitrogen and oxygen atoms in total. The van der Waals surface area contributed by atoms with Gasteiger partial charge >= 0.3 is 0 Å². The highest BCUT2D eigenvalue weighted by molar-refractivity contribution is 7.80. The van der Waals surface area contributed by atoms with Gasteiger partial charge in [0.05, 0.1) is 0 Å². The van der Waals surface area contributed by atoms with E-state index in [0.29, 0.717) is 5.92 Å². The fourth-order valence-electron chi connectivity index (χ4n) is 0.776. The molecule has 0 bridgehead atoms. The Morgan fingerprint density at radius 1 is 1.56 bits per heavy atom. The van der Waals surface area contributed by atoms with Crippen molar-refractivity contribution in [1.82, 2.24) is 0 Å².